The summed E-state index contributed by atoms with van der Waals surface area (Å²) in [5.41, 5.74) is 2.17. The molecule has 0 aliphatic carbocycles. The maximum Gasteiger partial charge on any atom is 0.245 e. The molecular weight excluding hydrogens is 316 g/mol. The van der Waals surface area contributed by atoms with Gasteiger partial charge in [0.25, 0.3) is 0 Å². The van der Waals surface area contributed by atoms with Gasteiger partial charge in [-0.15, -0.1) is 0 Å². The van der Waals surface area contributed by atoms with E-state index in [-0.39, 0.29) is 11.9 Å². The Bertz CT molecular complexity index is 678. The number of nitrogens with one attached hydrogen (secondary N) is 1. The Morgan fingerprint density at radius 2 is 2.24 bits per heavy atom. The summed E-state index contributed by atoms with van der Waals surface area (Å²) in [5, 5.41) is 11.9. The van der Waals surface area contributed by atoms with Crippen molar-refractivity contribution in [3.05, 3.63) is 35.9 Å². The first-order chi connectivity index (χ1) is 12.2. The van der Waals surface area contributed by atoms with Crippen molar-refractivity contribution in [2.75, 3.05) is 13.1 Å². The van der Waals surface area contributed by atoms with Crippen LogP contribution >= 0.6 is 0 Å². The second-order valence-corrected chi connectivity index (χ2v) is 6.61. The monoisotopic (exact) mass is 344 g/mol. The van der Waals surface area contributed by atoms with Crippen LogP contribution in [0.25, 0.3) is 0 Å². The van der Waals surface area contributed by atoms with E-state index < -0.39 is 0 Å². The molecule has 1 atom stereocenters. The van der Waals surface area contributed by atoms with Gasteiger partial charge in [-0.3, -0.25) is 19.1 Å². The van der Waals surface area contributed by atoms with Gasteiger partial charge in [0.1, 0.15) is 6.04 Å². The first-order valence-corrected chi connectivity index (χ1v) is 9.26. The number of hydrogen-bond donors (Lipinski definition) is 1. The average Bonchev–Trinajstić information content (AvgIpc) is 3.21. The summed E-state index contributed by atoms with van der Waals surface area (Å²) in [6.07, 6.45) is 6.53. The molecule has 136 valence electrons. The van der Waals surface area contributed by atoms with Gasteiger partial charge in [-0.1, -0.05) is 13.8 Å². The average molecular weight is 344 g/mol. The van der Waals surface area contributed by atoms with Crippen molar-refractivity contribution in [2.45, 2.75) is 58.8 Å². The van der Waals surface area contributed by atoms with Crippen LogP contribution in [0.4, 0.5) is 0 Å². The normalized spacial score (nSPS) is 16.2. The van der Waals surface area contributed by atoms with Crippen LogP contribution in [0.1, 0.15) is 50.5 Å². The quantitative estimate of drug-likeness (QED) is 0.834. The number of fused-ring (bicyclic) bond motifs is 1. The molecule has 2 aromatic heterocycles. The Kier molecular flexibility index (Phi) is 5.86. The third-order valence-corrected chi connectivity index (χ3v) is 4.66. The SMILES string of the molecule is CCCN1CCCn2nc(CNC(=O)[C@H](CC)n3cccn3)cc2C1. The number of aromatic nitrogens is 4. The molecule has 1 N–H and O–H groups in total. The van der Waals surface area contributed by atoms with Crippen LogP contribution < -0.4 is 5.32 Å². The molecular formula is C18H28N6O. The van der Waals surface area contributed by atoms with Gasteiger partial charge in [-0.05, 0) is 37.9 Å². The Morgan fingerprint density at radius 1 is 1.36 bits per heavy atom. The highest BCUT2D eigenvalue weighted by Gasteiger charge is 2.20. The minimum atomic E-state index is -0.268. The van der Waals surface area contributed by atoms with E-state index in [0.717, 1.165) is 38.3 Å². The predicted molar refractivity (Wildman–Crippen MR) is 95.8 cm³/mol. The number of hydrogen-bond acceptors (Lipinski definition) is 4. The number of aryl methyl sites for hydroxylation is 1. The molecule has 0 saturated carbocycles. The molecule has 3 rings (SSSR count). The molecule has 25 heavy (non-hydrogen) atoms. The molecule has 2 aromatic rings. The van der Waals surface area contributed by atoms with E-state index in [4.69, 9.17) is 0 Å². The molecule has 1 amide bonds. The van der Waals surface area contributed by atoms with Crippen molar-refractivity contribution < 1.29 is 4.79 Å². The number of carbonyl (C=O) groups is 1. The predicted octanol–water partition coefficient (Wildman–Crippen LogP) is 1.96. The van der Waals surface area contributed by atoms with E-state index in [2.05, 4.69) is 38.1 Å². The van der Waals surface area contributed by atoms with Crippen molar-refractivity contribution in [3.63, 3.8) is 0 Å². The summed E-state index contributed by atoms with van der Waals surface area (Å²) in [7, 11) is 0. The summed E-state index contributed by atoms with van der Waals surface area (Å²) in [6.45, 7) is 8.82. The second-order valence-electron chi connectivity index (χ2n) is 6.61. The highest BCUT2D eigenvalue weighted by molar-refractivity contribution is 5.80. The Morgan fingerprint density at radius 3 is 2.96 bits per heavy atom. The summed E-state index contributed by atoms with van der Waals surface area (Å²) >= 11 is 0. The van der Waals surface area contributed by atoms with Crippen LogP contribution in [0, 0.1) is 0 Å². The Labute approximate surface area is 149 Å². The zero-order valence-electron chi connectivity index (χ0n) is 15.2. The van der Waals surface area contributed by atoms with Gasteiger partial charge in [0.05, 0.1) is 17.9 Å². The van der Waals surface area contributed by atoms with Gasteiger partial charge in [-0.2, -0.15) is 10.2 Å². The molecule has 0 unspecified atom stereocenters. The van der Waals surface area contributed by atoms with E-state index in [0.29, 0.717) is 13.0 Å². The molecule has 0 radical (unpaired) electrons. The summed E-state index contributed by atoms with van der Waals surface area (Å²) < 4.78 is 3.81. The van der Waals surface area contributed by atoms with Gasteiger partial charge in [0, 0.05) is 32.0 Å². The van der Waals surface area contributed by atoms with Gasteiger partial charge in [0.15, 0.2) is 0 Å². The topological polar surface area (TPSA) is 68.0 Å². The van der Waals surface area contributed by atoms with Crippen LogP contribution in [0.5, 0.6) is 0 Å². The van der Waals surface area contributed by atoms with E-state index in [1.165, 1.54) is 12.1 Å². The molecule has 7 heteroatoms. The van der Waals surface area contributed by atoms with E-state index >= 15 is 0 Å². The fourth-order valence-electron chi connectivity index (χ4n) is 3.43. The number of rotatable bonds is 7. The van der Waals surface area contributed by atoms with E-state index in [1.807, 2.05) is 19.2 Å². The first-order valence-electron chi connectivity index (χ1n) is 9.26. The van der Waals surface area contributed by atoms with Crippen LogP contribution in [0.3, 0.4) is 0 Å². The summed E-state index contributed by atoms with van der Waals surface area (Å²) in [6, 6.07) is 3.70. The lowest BCUT2D eigenvalue weighted by molar-refractivity contribution is -0.124. The molecule has 0 bridgehead atoms. The van der Waals surface area contributed by atoms with Crippen molar-refractivity contribution in [2.24, 2.45) is 0 Å². The largest absolute Gasteiger partial charge is 0.349 e. The van der Waals surface area contributed by atoms with Crippen molar-refractivity contribution in [1.82, 2.24) is 29.8 Å². The van der Waals surface area contributed by atoms with Gasteiger partial charge < -0.3 is 5.32 Å². The van der Waals surface area contributed by atoms with Crippen molar-refractivity contribution in [1.29, 1.82) is 0 Å². The zero-order valence-corrected chi connectivity index (χ0v) is 15.2. The lowest BCUT2D eigenvalue weighted by atomic mass is 10.2. The smallest absolute Gasteiger partial charge is 0.245 e. The Balaban J connectivity index is 1.60. The highest BCUT2D eigenvalue weighted by Crippen LogP contribution is 2.15. The lowest BCUT2D eigenvalue weighted by Gasteiger charge is -2.17. The van der Waals surface area contributed by atoms with Crippen LogP contribution in [-0.4, -0.2) is 43.5 Å². The van der Waals surface area contributed by atoms with Crippen molar-refractivity contribution >= 4 is 5.91 Å². The fourth-order valence-corrected chi connectivity index (χ4v) is 3.43. The minimum Gasteiger partial charge on any atom is -0.349 e. The lowest BCUT2D eigenvalue weighted by Crippen LogP contribution is -2.32. The standard InChI is InChI=1S/C18H28N6O/c1-3-8-22-9-6-11-23-16(14-22)12-15(21-23)13-19-18(25)17(4-2)24-10-5-7-20-24/h5,7,10,12,17H,3-4,6,8-9,11,13-14H2,1-2H3,(H,19,25)/t17-/m0/s1. The molecule has 0 fully saturated rings. The summed E-state index contributed by atoms with van der Waals surface area (Å²) in [4.78, 5) is 14.9. The van der Waals surface area contributed by atoms with Crippen LogP contribution in [0.15, 0.2) is 24.5 Å². The Hall–Kier alpha value is -2.15. The van der Waals surface area contributed by atoms with Gasteiger partial charge in [-0.25, -0.2) is 0 Å². The molecule has 0 saturated heterocycles. The van der Waals surface area contributed by atoms with E-state index in [9.17, 15) is 4.79 Å². The van der Waals surface area contributed by atoms with Gasteiger partial charge >= 0.3 is 0 Å². The molecule has 1 aliphatic rings. The van der Waals surface area contributed by atoms with Crippen LogP contribution in [-0.2, 0) is 24.4 Å². The molecule has 3 heterocycles. The molecule has 0 spiro atoms. The fraction of sp³-hybridized carbons (Fsp3) is 0.611. The third kappa shape index (κ3) is 4.28. The van der Waals surface area contributed by atoms with E-state index in [1.54, 1.807) is 10.9 Å². The van der Waals surface area contributed by atoms with Crippen LogP contribution in [0.2, 0.25) is 0 Å². The van der Waals surface area contributed by atoms with Gasteiger partial charge in [0.2, 0.25) is 5.91 Å². The summed E-state index contributed by atoms with van der Waals surface area (Å²) in [5.74, 6) is -0.0120. The number of amides is 1. The zero-order chi connectivity index (χ0) is 17.6. The minimum absolute atomic E-state index is 0.0120. The maximum atomic E-state index is 12.5. The highest BCUT2D eigenvalue weighted by atomic mass is 16.2. The first kappa shape index (κ1) is 17.7. The number of nitrogens with zero attached hydrogens (tertiary/aromatic N) is 5. The molecule has 1 aliphatic heterocycles. The second kappa shape index (κ2) is 8.29. The maximum absolute atomic E-state index is 12.5. The third-order valence-electron chi connectivity index (χ3n) is 4.66. The molecule has 0 aromatic carbocycles. The van der Waals surface area contributed by atoms with Crippen molar-refractivity contribution in [3.8, 4) is 0 Å². The molecule has 7 nitrogen and oxygen atoms in total. The number of carbonyl (C=O) groups excluding carboxylic acids is 1.